The molecule has 0 spiro atoms. The number of aliphatic hydroxyl groups excluding tert-OH is 1. The molecule has 4 heteroatoms. The van der Waals surface area contributed by atoms with Crippen LogP contribution in [0.15, 0.2) is 29.2 Å². The van der Waals surface area contributed by atoms with E-state index in [1.165, 1.54) is 0 Å². The third-order valence-electron chi connectivity index (χ3n) is 3.71. The van der Waals surface area contributed by atoms with Gasteiger partial charge in [-0.05, 0) is 48.9 Å². The lowest BCUT2D eigenvalue weighted by molar-refractivity contribution is 0.0937. The van der Waals surface area contributed by atoms with Crippen LogP contribution >= 0.6 is 12.6 Å². The molecular weight excluding hydrogens is 246 g/mol. The molecule has 1 amide bonds. The van der Waals surface area contributed by atoms with E-state index < -0.39 is 0 Å². The van der Waals surface area contributed by atoms with Crippen LogP contribution in [0.1, 0.15) is 29.6 Å². The molecule has 2 unspecified atom stereocenters. The molecule has 1 saturated carbocycles. The number of benzene rings is 1. The van der Waals surface area contributed by atoms with Gasteiger partial charge in [0.1, 0.15) is 0 Å². The predicted molar refractivity (Wildman–Crippen MR) is 73.9 cm³/mol. The fraction of sp³-hybridized carbons (Fsp3) is 0.500. The SMILES string of the molecule is O=C(NCC1CCCC1CO)c1ccc(S)cc1. The monoisotopic (exact) mass is 265 g/mol. The maximum atomic E-state index is 11.9. The van der Waals surface area contributed by atoms with Crippen LogP contribution in [-0.4, -0.2) is 24.2 Å². The molecule has 0 aromatic heterocycles. The average molecular weight is 265 g/mol. The molecule has 0 radical (unpaired) electrons. The van der Waals surface area contributed by atoms with Crippen molar-refractivity contribution >= 4 is 18.5 Å². The number of hydrogen-bond donors (Lipinski definition) is 3. The Labute approximate surface area is 113 Å². The highest BCUT2D eigenvalue weighted by Gasteiger charge is 2.26. The van der Waals surface area contributed by atoms with Gasteiger partial charge in [0.2, 0.25) is 0 Å². The summed E-state index contributed by atoms with van der Waals surface area (Å²) >= 11 is 4.19. The minimum absolute atomic E-state index is 0.0491. The molecule has 0 aliphatic heterocycles. The fourth-order valence-corrected chi connectivity index (χ4v) is 2.71. The van der Waals surface area contributed by atoms with Crippen LogP contribution in [0.4, 0.5) is 0 Å². The Morgan fingerprint density at radius 2 is 1.94 bits per heavy atom. The van der Waals surface area contributed by atoms with E-state index in [0.29, 0.717) is 23.9 Å². The molecule has 1 aromatic carbocycles. The van der Waals surface area contributed by atoms with Crippen molar-refractivity contribution in [2.45, 2.75) is 24.2 Å². The zero-order chi connectivity index (χ0) is 13.0. The van der Waals surface area contributed by atoms with Gasteiger partial charge in [-0.2, -0.15) is 0 Å². The Morgan fingerprint density at radius 3 is 2.61 bits per heavy atom. The highest BCUT2D eigenvalue weighted by molar-refractivity contribution is 7.80. The van der Waals surface area contributed by atoms with Gasteiger partial charge in [-0.1, -0.05) is 6.42 Å². The fourth-order valence-electron chi connectivity index (χ4n) is 2.56. The molecule has 18 heavy (non-hydrogen) atoms. The highest BCUT2D eigenvalue weighted by Crippen LogP contribution is 2.30. The van der Waals surface area contributed by atoms with Crippen molar-refractivity contribution in [1.82, 2.24) is 5.32 Å². The van der Waals surface area contributed by atoms with E-state index in [1.54, 1.807) is 12.1 Å². The molecule has 0 saturated heterocycles. The van der Waals surface area contributed by atoms with Crippen molar-refractivity contribution in [2.24, 2.45) is 11.8 Å². The number of hydrogen-bond acceptors (Lipinski definition) is 3. The van der Waals surface area contributed by atoms with Crippen LogP contribution in [0, 0.1) is 11.8 Å². The number of rotatable bonds is 4. The Kier molecular flexibility index (Phi) is 4.66. The third-order valence-corrected chi connectivity index (χ3v) is 4.00. The predicted octanol–water partition coefficient (Wildman–Crippen LogP) is 2.11. The Hall–Kier alpha value is -1.00. The lowest BCUT2D eigenvalue weighted by atomic mass is 9.97. The molecule has 0 bridgehead atoms. The van der Waals surface area contributed by atoms with Gasteiger partial charge in [-0.25, -0.2) is 0 Å². The van der Waals surface area contributed by atoms with Gasteiger partial charge in [-0.3, -0.25) is 4.79 Å². The molecule has 1 aromatic rings. The lowest BCUT2D eigenvalue weighted by Gasteiger charge is -2.17. The van der Waals surface area contributed by atoms with Crippen molar-refractivity contribution in [3.63, 3.8) is 0 Å². The van der Waals surface area contributed by atoms with Gasteiger partial charge in [0.25, 0.3) is 5.91 Å². The molecule has 1 aliphatic rings. The molecule has 1 aliphatic carbocycles. The number of nitrogens with one attached hydrogen (secondary N) is 1. The topological polar surface area (TPSA) is 49.3 Å². The van der Waals surface area contributed by atoms with Gasteiger partial charge < -0.3 is 10.4 Å². The van der Waals surface area contributed by atoms with Crippen LogP contribution in [-0.2, 0) is 0 Å². The summed E-state index contributed by atoms with van der Waals surface area (Å²) in [6, 6.07) is 7.17. The van der Waals surface area contributed by atoms with E-state index in [9.17, 15) is 9.90 Å². The van der Waals surface area contributed by atoms with Gasteiger partial charge in [-0.15, -0.1) is 12.6 Å². The zero-order valence-corrected chi connectivity index (χ0v) is 11.2. The van der Waals surface area contributed by atoms with Crippen molar-refractivity contribution in [1.29, 1.82) is 0 Å². The first-order valence-electron chi connectivity index (χ1n) is 6.39. The highest BCUT2D eigenvalue weighted by atomic mass is 32.1. The van der Waals surface area contributed by atoms with Crippen LogP contribution in [0.25, 0.3) is 0 Å². The van der Waals surface area contributed by atoms with E-state index in [0.717, 1.165) is 24.2 Å². The smallest absolute Gasteiger partial charge is 0.251 e. The van der Waals surface area contributed by atoms with Crippen LogP contribution < -0.4 is 5.32 Å². The summed E-state index contributed by atoms with van der Waals surface area (Å²) in [6.07, 6.45) is 3.33. The van der Waals surface area contributed by atoms with Crippen molar-refractivity contribution in [2.75, 3.05) is 13.2 Å². The van der Waals surface area contributed by atoms with Gasteiger partial charge in [0.05, 0.1) is 0 Å². The van der Waals surface area contributed by atoms with Crippen molar-refractivity contribution in [3.8, 4) is 0 Å². The summed E-state index contributed by atoms with van der Waals surface area (Å²) in [6.45, 7) is 0.890. The Morgan fingerprint density at radius 1 is 1.28 bits per heavy atom. The van der Waals surface area contributed by atoms with Crippen molar-refractivity contribution < 1.29 is 9.90 Å². The number of amides is 1. The Balaban J connectivity index is 1.86. The number of thiol groups is 1. The van der Waals surface area contributed by atoms with Gasteiger partial charge in [0.15, 0.2) is 0 Å². The molecule has 2 atom stereocenters. The summed E-state index contributed by atoms with van der Waals surface area (Å²) in [7, 11) is 0. The first kappa shape index (κ1) is 13.4. The average Bonchev–Trinajstić information content (AvgIpc) is 2.84. The third kappa shape index (κ3) is 3.27. The Bertz CT molecular complexity index is 405. The minimum Gasteiger partial charge on any atom is -0.396 e. The molecular formula is C14H19NO2S. The van der Waals surface area contributed by atoms with Crippen LogP contribution in [0.2, 0.25) is 0 Å². The minimum atomic E-state index is -0.0491. The molecule has 2 rings (SSSR count). The van der Waals surface area contributed by atoms with E-state index in [-0.39, 0.29) is 12.5 Å². The van der Waals surface area contributed by atoms with Gasteiger partial charge >= 0.3 is 0 Å². The molecule has 2 N–H and O–H groups in total. The maximum absolute atomic E-state index is 11.9. The van der Waals surface area contributed by atoms with Crippen molar-refractivity contribution in [3.05, 3.63) is 29.8 Å². The standard InChI is InChI=1S/C14H19NO2S/c16-9-12-3-1-2-11(12)8-15-14(17)10-4-6-13(18)7-5-10/h4-7,11-12,16,18H,1-3,8-9H2,(H,15,17). The van der Waals surface area contributed by atoms with E-state index >= 15 is 0 Å². The molecule has 1 fully saturated rings. The molecule has 0 heterocycles. The maximum Gasteiger partial charge on any atom is 0.251 e. The first-order chi connectivity index (χ1) is 8.70. The van der Waals surface area contributed by atoms with E-state index in [4.69, 9.17) is 0 Å². The van der Waals surface area contributed by atoms with Gasteiger partial charge in [0, 0.05) is 23.6 Å². The first-order valence-corrected chi connectivity index (χ1v) is 6.83. The van der Waals surface area contributed by atoms with Crippen LogP contribution in [0.3, 0.4) is 0 Å². The summed E-state index contributed by atoms with van der Waals surface area (Å²) < 4.78 is 0. The second kappa shape index (κ2) is 6.25. The second-order valence-corrected chi connectivity index (χ2v) is 5.41. The quantitative estimate of drug-likeness (QED) is 0.730. The number of carbonyl (C=O) groups excluding carboxylic acids is 1. The summed E-state index contributed by atoms with van der Waals surface area (Å²) in [5.41, 5.74) is 0.659. The molecule has 3 nitrogen and oxygen atoms in total. The normalized spacial score (nSPS) is 23.0. The number of carbonyl (C=O) groups is 1. The molecule has 98 valence electrons. The second-order valence-electron chi connectivity index (χ2n) is 4.89. The van der Waals surface area contributed by atoms with E-state index in [2.05, 4.69) is 17.9 Å². The van der Waals surface area contributed by atoms with Crippen LogP contribution in [0.5, 0.6) is 0 Å². The lowest BCUT2D eigenvalue weighted by Crippen LogP contribution is -2.31. The number of aliphatic hydroxyl groups is 1. The summed E-state index contributed by atoms with van der Waals surface area (Å²) in [5, 5.41) is 12.2. The summed E-state index contributed by atoms with van der Waals surface area (Å²) in [4.78, 5) is 12.8. The largest absolute Gasteiger partial charge is 0.396 e. The zero-order valence-electron chi connectivity index (χ0n) is 10.3. The van der Waals surface area contributed by atoms with E-state index in [1.807, 2.05) is 12.1 Å². The summed E-state index contributed by atoms with van der Waals surface area (Å²) in [5.74, 6) is 0.722.